The molecule has 0 radical (unpaired) electrons. The molecule has 3 aromatic rings. The van der Waals surface area contributed by atoms with E-state index in [1.807, 2.05) is 6.07 Å². The van der Waals surface area contributed by atoms with Crippen molar-refractivity contribution in [3.63, 3.8) is 0 Å². The third-order valence-corrected chi connectivity index (χ3v) is 6.17. The molecule has 0 bridgehead atoms. The van der Waals surface area contributed by atoms with Gasteiger partial charge in [0.15, 0.2) is 0 Å². The Morgan fingerprint density at radius 2 is 1.94 bits per heavy atom. The van der Waals surface area contributed by atoms with E-state index in [9.17, 15) is 18.5 Å². The molecule has 0 saturated heterocycles. The van der Waals surface area contributed by atoms with Gasteiger partial charge in [-0.25, -0.2) is 13.1 Å². The minimum Gasteiger partial charge on any atom is -0.497 e. The molecule has 2 aromatic carbocycles. The number of nitrogens with zero attached hydrogens (tertiary/aromatic N) is 1. The van der Waals surface area contributed by atoms with Crippen LogP contribution in [-0.2, 0) is 21.4 Å². The van der Waals surface area contributed by atoms with Crippen LogP contribution < -0.4 is 14.8 Å². The van der Waals surface area contributed by atoms with E-state index < -0.39 is 15.9 Å². The number of hydrogen-bond acceptors (Lipinski definition) is 6. The molecule has 0 spiro atoms. The summed E-state index contributed by atoms with van der Waals surface area (Å²) in [4.78, 5) is 12.5. The number of ether oxygens (including phenoxy) is 1. The second-order valence-corrected chi connectivity index (χ2v) is 9.12. The van der Waals surface area contributed by atoms with Gasteiger partial charge < -0.3 is 14.5 Å². The van der Waals surface area contributed by atoms with Crippen molar-refractivity contribution in [3.8, 4) is 11.8 Å². The second-order valence-electron chi connectivity index (χ2n) is 6.44. The smallest absolute Gasteiger partial charge is 0.266 e. The molecule has 0 aliphatic carbocycles. The van der Waals surface area contributed by atoms with Gasteiger partial charge in [-0.3, -0.25) is 4.79 Å². The van der Waals surface area contributed by atoms with E-state index in [0.29, 0.717) is 17.2 Å². The molecule has 2 N–H and O–H groups in total. The monoisotopic (exact) mass is 515 g/mol. The van der Waals surface area contributed by atoms with E-state index in [1.165, 1.54) is 25.3 Å². The Morgan fingerprint density at radius 3 is 2.62 bits per heavy atom. The molecular weight excluding hydrogens is 498 g/mol. The van der Waals surface area contributed by atoms with Crippen LogP contribution in [0.4, 0.5) is 5.69 Å². The van der Waals surface area contributed by atoms with E-state index in [1.54, 1.807) is 48.5 Å². The van der Waals surface area contributed by atoms with Crippen molar-refractivity contribution >= 4 is 43.6 Å². The first kappa shape index (κ1) is 23.3. The lowest BCUT2D eigenvalue weighted by molar-refractivity contribution is -0.112. The SMILES string of the molecule is COc1cccc(NC(=O)/C(C#N)=C\c2ccc(CNS(=O)(=O)c3ccc(Br)cc3)o2)c1. The third kappa shape index (κ3) is 6.07. The van der Waals surface area contributed by atoms with Crippen molar-refractivity contribution in [1.82, 2.24) is 4.72 Å². The maximum Gasteiger partial charge on any atom is 0.266 e. The fourth-order valence-corrected chi connectivity index (χ4v) is 3.88. The zero-order valence-electron chi connectivity index (χ0n) is 16.8. The highest BCUT2D eigenvalue weighted by molar-refractivity contribution is 9.10. The number of sulfonamides is 1. The van der Waals surface area contributed by atoms with Crippen LogP contribution in [-0.4, -0.2) is 21.4 Å². The van der Waals surface area contributed by atoms with Gasteiger partial charge in [-0.2, -0.15) is 5.26 Å². The lowest BCUT2D eigenvalue weighted by atomic mass is 10.2. The van der Waals surface area contributed by atoms with Crippen LogP contribution in [0.5, 0.6) is 5.75 Å². The number of carbonyl (C=O) groups excluding carboxylic acids is 1. The summed E-state index contributed by atoms with van der Waals surface area (Å²) in [5, 5.41) is 12.0. The number of anilines is 1. The summed E-state index contributed by atoms with van der Waals surface area (Å²) in [5.74, 6) is 0.504. The summed E-state index contributed by atoms with van der Waals surface area (Å²) in [6.07, 6.45) is 1.28. The zero-order valence-corrected chi connectivity index (χ0v) is 19.2. The molecule has 0 atom stereocenters. The summed E-state index contributed by atoms with van der Waals surface area (Å²) < 4.78 is 38.6. The van der Waals surface area contributed by atoms with Crippen LogP contribution in [0, 0.1) is 11.3 Å². The van der Waals surface area contributed by atoms with Gasteiger partial charge >= 0.3 is 0 Å². The third-order valence-electron chi connectivity index (χ3n) is 4.22. The van der Waals surface area contributed by atoms with E-state index in [0.717, 1.165) is 4.47 Å². The molecule has 164 valence electrons. The lowest BCUT2D eigenvalue weighted by Gasteiger charge is -2.06. The van der Waals surface area contributed by atoms with Crippen LogP contribution in [0.3, 0.4) is 0 Å². The topological polar surface area (TPSA) is 121 Å². The van der Waals surface area contributed by atoms with E-state index in [4.69, 9.17) is 9.15 Å². The van der Waals surface area contributed by atoms with Crippen LogP contribution >= 0.6 is 15.9 Å². The number of hydrogen-bond donors (Lipinski definition) is 2. The molecule has 1 aromatic heterocycles. The summed E-state index contributed by atoms with van der Waals surface area (Å²) in [7, 11) is -2.21. The van der Waals surface area contributed by atoms with E-state index >= 15 is 0 Å². The molecule has 8 nitrogen and oxygen atoms in total. The van der Waals surface area contributed by atoms with Crippen LogP contribution in [0.1, 0.15) is 11.5 Å². The number of methoxy groups -OCH3 is 1. The first-order chi connectivity index (χ1) is 15.3. The van der Waals surface area contributed by atoms with Gasteiger partial charge in [-0.05, 0) is 48.5 Å². The fourth-order valence-electron chi connectivity index (χ4n) is 2.62. The first-order valence-electron chi connectivity index (χ1n) is 9.22. The Morgan fingerprint density at radius 1 is 1.19 bits per heavy atom. The van der Waals surface area contributed by atoms with Crippen molar-refractivity contribution in [2.45, 2.75) is 11.4 Å². The van der Waals surface area contributed by atoms with Crippen molar-refractivity contribution in [2.24, 2.45) is 0 Å². The van der Waals surface area contributed by atoms with E-state index in [-0.39, 0.29) is 22.8 Å². The molecule has 0 unspecified atom stereocenters. The molecule has 0 fully saturated rings. The standard InChI is InChI=1S/C22H18BrN3O5S/c1-30-18-4-2-3-17(12-18)26-22(27)15(13-24)11-19-7-8-20(31-19)14-25-32(28,29)21-9-5-16(23)6-10-21/h2-12,25H,14H2,1H3,(H,26,27)/b15-11-. The largest absolute Gasteiger partial charge is 0.497 e. The van der Waals surface area contributed by atoms with Gasteiger partial charge in [0.2, 0.25) is 10.0 Å². The summed E-state index contributed by atoms with van der Waals surface area (Å²) in [5.41, 5.74) is 0.294. The maximum absolute atomic E-state index is 12.4. The number of halogens is 1. The lowest BCUT2D eigenvalue weighted by Crippen LogP contribution is -2.22. The van der Waals surface area contributed by atoms with Gasteiger partial charge in [0, 0.05) is 22.3 Å². The summed E-state index contributed by atoms with van der Waals surface area (Å²) >= 11 is 3.26. The molecule has 0 aliphatic rings. The number of nitrogens with one attached hydrogen (secondary N) is 2. The van der Waals surface area contributed by atoms with Gasteiger partial charge in [0.05, 0.1) is 18.6 Å². The zero-order chi connectivity index (χ0) is 23.1. The minimum absolute atomic E-state index is 0.0931. The fraction of sp³-hybridized carbons (Fsp3) is 0.0909. The number of furan rings is 1. The summed E-state index contributed by atoms with van der Waals surface area (Å²) in [6, 6.07) is 17.9. The highest BCUT2D eigenvalue weighted by atomic mass is 79.9. The van der Waals surface area contributed by atoms with Crippen molar-refractivity contribution < 1.29 is 22.4 Å². The molecular formula is C22H18BrN3O5S. The Labute approximate surface area is 193 Å². The number of carbonyl (C=O) groups is 1. The van der Waals surface area contributed by atoms with Gasteiger partial charge in [-0.15, -0.1) is 0 Å². The molecule has 0 aliphatic heterocycles. The quantitative estimate of drug-likeness (QED) is 0.344. The summed E-state index contributed by atoms with van der Waals surface area (Å²) in [6.45, 7) is -0.0931. The van der Waals surface area contributed by atoms with Gasteiger partial charge in [0.25, 0.3) is 5.91 Å². The van der Waals surface area contributed by atoms with Crippen molar-refractivity contribution in [2.75, 3.05) is 12.4 Å². The average Bonchev–Trinajstić information content (AvgIpc) is 3.24. The predicted molar refractivity (Wildman–Crippen MR) is 122 cm³/mol. The van der Waals surface area contributed by atoms with Crippen molar-refractivity contribution in [1.29, 1.82) is 5.26 Å². The first-order valence-corrected chi connectivity index (χ1v) is 11.5. The van der Waals surface area contributed by atoms with Gasteiger partial charge in [0.1, 0.15) is 28.9 Å². The molecule has 1 amide bonds. The normalized spacial score (nSPS) is 11.6. The highest BCUT2D eigenvalue weighted by Crippen LogP contribution is 2.19. The average molecular weight is 516 g/mol. The Bertz CT molecular complexity index is 1290. The van der Waals surface area contributed by atoms with E-state index in [2.05, 4.69) is 26.0 Å². The van der Waals surface area contributed by atoms with Crippen LogP contribution in [0.25, 0.3) is 6.08 Å². The molecule has 1 heterocycles. The molecule has 0 saturated carbocycles. The predicted octanol–water partition coefficient (Wildman–Crippen LogP) is 4.07. The van der Waals surface area contributed by atoms with Gasteiger partial charge in [-0.1, -0.05) is 22.0 Å². The minimum atomic E-state index is -3.72. The molecule has 32 heavy (non-hydrogen) atoms. The second kappa shape index (κ2) is 10.3. The Balaban J connectivity index is 1.67. The van der Waals surface area contributed by atoms with Crippen molar-refractivity contribution in [3.05, 3.63) is 82.2 Å². The Kier molecular flexibility index (Phi) is 7.48. The number of amides is 1. The van der Waals surface area contributed by atoms with Crippen LogP contribution in [0.15, 0.2) is 80.0 Å². The highest BCUT2D eigenvalue weighted by Gasteiger charge is 2.15. The van der Waals surface area contributed by atoms with Crippen LogP contribution in [0.2, 0.25) is 0 Å². The number of rotatable bonds is 8. The Hall–Kier alpha value is -3.39. The number of benzene rings is 2. The molecule has 3 rings (SSSR count). The number of nitriles is 1. The maximum atomic E-state index is 12.4. The molecule has 10 heteroatoms.